The number of nitrogens with zero attached hydrogens (tertiary/aromatic N) is 1. The average molecular weight is 346 g/mol. The van der Waals surface area contributed by atoms with Crippen LogP contribution in [0.4, 0.5) is 0 Å². The summed E-state index contributed by atoms with van der Waals surface area (Å²) in [7, 11) is 0. The van der Waals surface area contributed by atoms with Gasteiger partial charge in [0, 0.05) is 38.1 Å². The summed E-state index contributed by atoms with van der Waals surface area (Å²) in [6, 6.07) is 9.58. The number of likely N-dealkylation sites (tertiary alicyclic amines) is 1. The molecule has 1 fully saturated rings. The second-order valence-electron chi connectivity index (χ2n) is 6.69. The number of carbonyl (C=O) groups is 2. The van der Waals surface area contributed by atoms with Crippen molar-refractivity contribution in [3.05, 3.63) is 35.9 Å². The fourth-order valence-electron chi connectivity index (χ4n) is 3.06. The van der Waals surface area contributed by atoms with Gasteiger partial charge in [0.05, 0.1) is 6.54 Å². The van der Waals surface area contributed by atoms with Crippen LogP contribution >= 0.6 is 0 Å². The second-order valence-corrected chi connectivity index (χ2v) is 6.69. The van der Waals surface area contributed by atoms with Crippen molar-refractivity contribution in [3.8, 4) is 0 Å². The van der Waals surface area contributed by atoms with Gasteiger partial charge in [-0.25, -0.2) is 0 Å². The molecular formula is C19H30N4O2. The minimum absolute atomic E-state index is 0.00417. The van der Waals surface area contributed by atoms with Crippen LogP contribution in [0.15, 0.2) is 30.3 Å². The molecule has 0 bridgehead atoms. The third-order valence-corrected chi connectivity index (χ3v) is 4.53. The largest absolute Gasteiger partial charge is 0.355 e. The lowest BCUT2D eigenvalue weighted by molar-refractivity contribution is -0.124. The summed E-state index contributed by atoms with van der Waals surface area (Å²) in [6.45, 7) is 4.87. The number of piperidine rings is 1. The third-order valence-electron chi connectivity index (χ3n) is 4.53. The van der Waals surface area contributed by atoms with Crippen LogP contribution in [0.25, 0.3) is 0 Å². The lowest BCUT2D eigenvalue weighted by Crippen LogP contribution is -2.47. The summed E-state index contributed by atoms with van der Waals surface area (Å²) >= 11 is 0. The maximum atomic E-state index is 12.2. The molecule has 1 aromatic carbocycles. The molecule has 6 heteroatoms. The minimum Gasteiger partial charge on any atom is -0.355 e. The van der Waals surface area contributed by atoms with Crippen molar-refractivity contribution in [2.24, 2.45) is 5.73 Å². The van der Waals surface area contributed by atoms with Crippen LogP contribution in [0.5, 0.6) is 0 Å². The Balaban J connectivity index is 1.67. The molecule has 2 rings (SSSR count). The van der Waals surface area contributed by atoms with E-state index >= 15 is 0 Å². The van der Waals surface area contributed by atoms with Gasteiger partial charge in [-0.3, -0.25) is 14.5 Å². The van der Waals surface area contributed by atoms with E-state index < -0.39 is 0 Å². The molecule has 0 radical (unpaired) electrons. The lowest BCUT2D eigenvalue weighted by Gasteiger charge is -2.32. The fourth-order valence-corrected chi connectivity index (χ4v) is 3.06. The van der Waals surface area contributed by atoms with E-state index in [0.29, 0.717) is 13.0 Å². The first-order valence-corrected chi connectivity index (χ1v) is 9.17. The lowest BCUT2D eigenvalue weighted by atomic mass is 10.0. The van der Waals surface area contributed by atoms with Gasteiger partial charge in [-0.15, -0.1) is 0 Å². The third kappa shape index (κ3) is 6.84. The van der Waals surface area contributed by atoms with Gasteiger partial charge in [0.2, 0.25) is 11.8 Å². The zero-order valence-electron chi connectivity index (χ0n) is 15.0. The number of rotatable bonds is 8. The monoisotopic (exact) mass is 346 g/mol. The Hall–Kier alpha value is -1.92. The van der Waals surface area contributed by atoms with Crippen LogP contribution in [-0.2, 0) is 9.59 Å². The van der Waals surface area contributed by atoms with Crippen molar-refractivity contribution in [1.82, 2.24) is 15.5 Å². The normalized spacial score (nSPS) is 17.0. The van der Waals surface area contributed by atoms with Gasteiger partial charge in [-0.1, -0.05) is 37.3 Å². The number of benzene rings is 1. The van der Waals surface area contributed by atoms with Crippen LogP contribution in [0.2, 0.25) is 0 Å². The molecule has 138 valence electrons. The van der Waals surface area contributed by atoms with E-state index in [1.807, 2.05) is 37.3 Å². The Morgan fingerprint density at radius 1 is 1.20 bits per heavy atom. The van der Waals surface area contributed by atoms with Gasteiger partial charge in [0.1, 0.15) is 0 Å². The van der Waals surface area contributed by atoms with E-state index in [4.69, 9.17) is 5.73 Å². The van der Waals surface area contributed by atoms with Gasteiger partial charge >= 0.3 is 0 Å². The first-order valence-electron chi connectivity index (χ1n) is 9.17. The smallest absolute Gasteiger partial charge is 0.234 e. The SMILES string of the molecule is CCCNC(=O)CN1CCC(NC(=O)CC(N)c2ccccc2)CC1. The van der Waals surface area contributed by atoms with E-state index in [9.17, 15) is 9.59 Å². The molecule has 25 heavy (non-hydrogen) atoms. The van der Waals surface area contributed by atoms with Crippen LogP contribution in [0, 0.1) is 0 Å². The molecule has 0 aliphatic carbocycles. The number of hydrogen-bond donors (Lipinski definition) is 3. The van der Waals surface area contributed by atoms with E-state index in [-0.39, 0.29) is 23.9 Å². The molecule has 1 atom stereocenters. The van der Waals surface area contributed by atoms with Crippen molar-refractivity contribution in [3.63, 3.8) is 0 Å². The first-order chi connectivity index (χ1) is 12.1. The predicted molar refractivity (Wildman–Crippen MR) is 98.9 cm³/mol. The van der Waals surface area contributed by atoms with Gasteiger partial charge in [-0.2, -0.15) is 0 Å². The molecule has 1 aromatic rings. The van der Waals surface area contributed by atoms with Crippen LogP contribution < -0.4 is 16.4 Å². The van der Waals surface area contributed by atoms with Gasteiger partial charge in [-0.05, 0) is 24.8 Å². The van der Waals surface area contributed by atoms with Gasteiger partial charge in [0.25, 0.3) is 0 Å². The molecule has 2 amide bonds. The number of hydrogen-bond acceptors (Lipinski definition) is 4. The maximum absolute atomic E-state index is 12.2. The second kappa shape index (κ2) is 10.2. The van der Waals surface area contributed by atoms with Crippen molar-refractivity contribution >= 4 is 11.8 Å². The summed E-state index contributed by atoms with van der Waals surface area (Å²) in [5.74, 6) is 0.0775. The highest BCUT2D eigenvalue weighted by Gasteiger charge is 2.22. The molecule has 0 spiro atoms. The van der Waals surface area contributed by atoms with Crippen LogP contribution in [-0.4, -0.2) is 48.9 Å². The van der Waals surface area contributed by atoms with Crippen LogP contribution in [0.1, 0.15) is 44.2 Å². The van der Waals surface area contributed by atoms with Gasteiger partial charge in [0.15, 0.2) is 0 Å². The van der Waals surface area contributed by atoms with Crippen molar-refractivity contribution in [1.29, 1.82) is 0 Å². The van der Waals surface area contributed by atoms with Gasteiger partial charge < -0.3 is 16.4 Å². The molecule has 6 nitrogen and oxygen atoms in total. The van der Waals surface area contributed by atoms with Crippen molar-refractivity contribution in [2.45, 2.75) is 44.7 Å². The number of nitrogens with two attached hydrogens (primary N) is 1. The molecule has 1 saturated heterocycles. The average Bonchev–Trinajstić information content (AvgIpc) is 2.62. The minimum atomic E-state index is -0.274. The molecule has 1 heterocycles. The topological polar surface area (TPSA) is 87.5 Å². The Bertz CT molecular complexity index is 542. The van der Waals surface area contributed by atoms with E-state index in [1.165, 1.54) is 0 Å². The summed E-state index contributed by atoms with van der Waals surface area (Å²) in [5, 5.41) is 5.98. The first kappa shape index (κ1) is 19.4. The fraction of sp³-hybridized carbons (Fsp3) is 0.579. The Morgan fingerprint density at radius 3 is 2.52 bits per heavy atom. The Morgan fingerprint density at radius 2 is 1.88 bits per heavy atom. The number of carbonyl (C=O) groups excluding carboxylic acids is 2. The highest BCUT2D eigenvalue weighted by Crippen LogP contribution is 2.15. The summed E-state index contributed by atoms with van der Waals surface area (Å²) in [5.41, 5.74) is 7.08. The van der Waals surface area contributed by atoms with E-state index in [0.717, 1.165) is 44.5 Å². The quantitative estimate of drug-likeness (QED) is 0.660. The zero-order chi connectivity index (χ0) is 18.1. The number of nitrogens with one attached hydrogen (secondary N) is 2. The zero-order valence-corrected chi connectivity index (χ0v) is 15.0. The summed E-state index contributed by atoms with van der Waals surface area (Å²) in [4.78, 5) is 26.1. The number of amides is 2. The summed E-state index contributed by atoms with van der Waals surface area (Å²) < 4.78 is 0. The molecule has 1 aliphatic heterocycles. The van der Waals surface area contributed by atoms with E-state index in [2.05, 4.69) is 15.5 Å². The molecule has 1 unspecified atom stereocenters. The predicted octanol–water partition coefficient (Wildman–Crippen LogP) is 1.18. The van der Waals surface area contributed by atoms with Crippen molar-refractivity contribution < 1.29 is 9.59 Å². The maximum Gasteiger partial charge on any atom is 0.234 e. The molecule has 1 aliphatic rings. The highest BCUT2D eigenvalue weighted by molar-refractivity contribution is 5.78. The van der Waals surface area contributed by atoms with Crippen molar-refractivity contribution in [2.75, 3.05) is 26.2 Å². The molecular weight excluding hydrogens is 316 g/mol. The molecule has 0 saturated carbocycles. The highest BCUT2D eigenvalue weighted by atomic mass is 16.2. The van der Waals surface area contributed by atoms with E-state index in [1.54, 1.807) is 0 Å². The Kier molecular flexibility index (Phi) is 7.88. The standard InChI is InChI=1S/C19H30N4O2/c1-2-10-21-19(25)14-23-11-8-16(9-12-23)22-18(24)13-17(20)15-6-4-3-5-7-15/h3-7,16-17H,2,8-14,20H2,1H3,(H,21,25)(H,22,24). The Labute approximate surface area is 150 Å². The van der Waals surface area contributed by atoms with Crippen LogP contribution in [0.3, 0.4) is 0 Å². The summed E-state index contributed by atoms with van der Waals surface area (Å²) in [6.07, 6.45) is 2.98. The molecule has 0 aromatic heterocycles. The molecule has 4 N–H and O–H groups in total.